The van der Waals surface area contributed by atoms with E-state index in [-0.39, 0.29) is 29.9 Å². The van der Waals surface area contributed by atoms with E-state index in [0.717, 1.165) is 24.8 Å². The van der Waals surface area contributed by atoms with Gasteiger partial charge in [-0.2, -0.15) is 0 Å². The van der Waals surface area contributed by atoms with E-state index in [1.54, 1.807) is 0 Å². The van der Waals surface area contributed by atoms with Crippen LogP contribution in [0.4, 0.5) is 0 Å². The topological polar surface area (TPSA) is 63.2 Å². The lowest BCUT2D eigenvalue weighted by molar-refractivity contribution is -0.143. The third-order valence-corrected chi connectivity index (χ3v) is 3.24. The lowest BCUT2D eigenvalue weighted by Crippen LogP contribution is -2.41. The molecule has 6 nitrogen and oxygen atoms in total. The van der Waals surface area contributed by atoms with Gasteiger partial charge in [0.15, 0.2) is 5.96 Å². The standard InChI is InChI=1S/C18H29N3O3.HI/c1-4-19-18(20-13-9-12-17(22)23-5-2)21(3)14-15-24-16-10-7-6-8-11-16;/h6-8,10-11H,4-5,9,12-15H2,1-3H3,(H,19,20);1H. The molecule has 0 aliphatic carbocycles. The van der Waals surface area contributed by atoms with Crippen molar-refractivity contribution in [1.82, 2.24) is 10.2 Å². The van der Waals surface area contributed by atoms with Crippen molar-refractivity contribution < 1.29 is 14.3 Å². The summed E-state index contributed by atoms with van der Waals surface area (Å²) in [5, 5.41) is 3.25. The van der Waals surface area contributed by atoms with Gasteiger partial charge in [0, 0.05) is 26.6 Å². The molecule has 0 unspecified atom stereocenters. The molecule has 0 bridgehead atoms. The van der Waals surface area contributed by atoms with E-state index in [4.69, 9.17) is 9.47 Å². The smallest absolute Gasteiger partial charge is 0.305 e. The first kappa shape index (κ1) is 23.5. The molecule has 0 spiro atoms. The fourth-order valence-corrected chi connectivity index (χ4v) is 2.03. The molecule has 0 aromatic heterocycles. The average molecular weight is 463 g/mol. The summed E-state index contributed by atoms with van der Waals surface area (Å²) in [6.07, 6.45) is 1.08. The third kappa shape index (κ3) is 10.9. The quantitative estimate of drug-likeness (QED) is 0.190. The number of carbonyl (C=O) groups excluding carboxylic acids is 1. The van der Waals surface area contributed by atoms with Crippen molar-refractivity contribution in [3.63, 3.8) is 0 Å². The number of esters is 1. The van der Waals surface area contributed by atoms with Gasteiger partial charge >= 0.3 is 5.97 Å². The second-order valence-corrected chi connectivity index (χ2v) is 5.23. The number of ether oxygens (including phenoxy) is 2. The van der Waals surface area contributed by atoms with E-state index in [1.165, 1.54) is 0 Å². The minimum absolute atomic E-state index is 0. The fraction of sp³-hybridized carbons (Fsp3) is 0.556. The summed E-state index contributed by atoms with van der Waals surface area (Å²) in [4.78, 5) is 17.9. The highest BCUT2D eigenvalue weighted by atomic mass is 127. The third-order valence-electron chi connectivity index (χ3n) is 3.24. The molecule has 1 aromatic carbocycles. The van der Waals surface area contributed by atoms with Crippen LogP contribution >= 0.6 is 24.0 Å². The lowest BCUT2D eigenvalue weighted by atomic mass is 10.3. The van der Waals surface area contributed by atoms with Crippen LogP contribution in [-0.4, -0.2) is 56.7 Å². The number of hydrogen-bond acceptors (Lipinski definition) is 4. The van der Waals surface area contributed by atoms with E-state index in [0.29, 0.717) is 32.6 Å². The summed E-state index contributed by atoms with van der Waals surface area (Å²) >= 11 is 0. The van der Waals surface area contributed by atoms with Crippen LogP contribution in [0, 0.1) is 0 Å². The Hall–Kier alpha value is -1.51. The van der Waals surface area contributed by atoms with Gasteiger partial charge in [-0.1, -0.05) is 18.2 Å². The highest BCUT2D eigenvalue weighted by Crippen LogP contribution is 2.07. The molecule has 0 saturated heterocycles. The van der Waals surface area contributed by atoms with Gasteiger partial charge in [0.2, 0.25) is 0 Å². The van der Waals surface area contributed by atoms with E-state index >= 15 is 0 Å². The second-order valence-electron chi connectivity index (χ2n) is 5.23. The van der Waals surface area contributed by atoms with Crippen LogP contribution in [0.25, 0.3) is 0 Å². The number of likely N-dealkylation sites (N-methyl/N-ethyl adjacent to an activating group) is 1. The van der Waals surface area contributed by atoms with Crippen molar-refractivity contribution in [3.05, 3.63) is 30.3 Å². The minimum atomic E-state index is -0.165. The predicted octanol–water partition coefficient (Wildman–Crippen LogP) is 2.92. The Bertz CT molecular complexity index is 498. The highest BCUT2D eigenvalue weighted by Gasteiger charge is 2.06. The van der Waals surface area contributed by atoms with Gasteiger partial charge in [-0.15, -0.1) is 24.0 Å². The summed E-state index contributed by atoms with van der Waals surface area (Å²) in [5.74, 6) is 1.52. The van der Waals surface area contributed by atoms with Crippen molar-refractivity contribution in [2.45, 2.75) is 26.7 Å². The SMILES string of the molecule is CCNC(=NCCCC(=O)OCC)N(C)CCOc1ccccc1.I. The molecule has 0 amide bonds. The van der Waals surface area contributed by atoms with Gasteiger partial charge in [0.25, 0.3) is 0 Å². The molecule has 1 N–H and O–H groups in total. The highest BCUT2D eigenvalue weighted by molar-refractivity contribution is 14.0. The number of halogens is 1. The van der Waals surface area contributed by atoms with Crippen molar-refractivity contribution in [3.8, 4) is 5.75 Å². The predicted molar refractivity (Wildman–Crippen MR) is 112 cm³/mol. The minimum Gasteiger partial charge on any atom is -0.492 e. The lowest BCUT2D eigenvalue weighted by Gasteiger charge is -2.22. The number of rotatable bonds is 10. The van der Waals surface area contributed by atoms with Crippen LogP contribution in [0.15, 0.2) is 35.3 Å². The van der Waals surface area contributed by atoms with Gasteiger partial charge in [0.05, 0.1) is 13.2 Å². The summed E-state index contributed by atoms with van der Waals surface area (Å²) < 4.78 is 10.6. The Kier molecular flexibility index (Phi) is 13.9. The Morgan fingerprint density at radius 1 is 1.24 bits per heavy atom. The van der Waals surface area contributed by atoms with Gasteiger partial charge in [-0.25, -0.2) is 0 Å². The molecule has 0 aliphatic rings. The molecule has 142 valence electrons. The molecule has 1 rings (SSSR count). The molecule has 0 fully saturated rings. The zero-order chi connectivity index (χ0) is 17.6. The molecule has 0 saturated carbocycles. The van der Waals surface area contributed by atoms with E-state index in [1.807, 2.05) is 56.1 Å². The van der Waals surface area contributed by atoms with E-state index in [2.05, 4.69) is 10.3 Å². The van der Waals surface area contributed by atoms with Gasteiger partial charge < -0.3 is 19.7 Å². The zero-order valence-electron chi connectivity index (χ0n) is 15.4. The summed E-state index contributed by atoms with van der Waals surface area (Å²) in [6.45, 7) is 6.95. The van der Waals surface area contributed by atoms with Crippen LogP contribution in [0.2, 0.25) is 0 Å². The Labute approximate surface area is 168 Å². The van der Waals surface area contributed by atoms with E-state index < -0.39 is 0 Å². The Morgan fingerprint density at radius 3 is 2.60 bits per heavy atom. The van der Waals surface area contributed by atoms with Crippen LogP contribution in [0.1, 0.15) is 26.7 Å². The summed E-state index contributed by atoms with van der Waals surface area (Å²) in [5.41, 5.74) is 0. The van der Waals surface area contributed by atoms with Gasteiger partial charge in [-0.05, 0) is 32.4 Å². The molecule has 0 heterocycles. The monoisotopic (exact) mass is 463 g/mol. The first-order valence-corrected chi connectivity index (χ1v) is 8.50. The average Bonchev–Trinajstić information content (AvgIpc) is 2.58. The molecular weight excluding hydrogens is 433 g/mol. The molecule has 0 radical (unpaired) electrons. The summed E-state index contributed by atoms with van der Waals surface area (Å²) in [7, 11) is 1.97. The molecule has 0 aliphatic heterocycles. The number of nitrogens with zero attached hydrogens (tertiary/aromatic N) is 2. The first-order chi connectivity index (χ1) is 11.7. The molecule has 7 heteroatoms. The van der Waals surface area contributed by atoms with Crippen molar-refractivity contribution in [2.75, 3.05) is 39.9 Å². The number of carbonyl (C=O) groups is 1. The number of aliphatic imine (C=N–C) groups is 1. The van der Waals surface area contributed by atoms with Crippen LogP contribution in [-0.2, 0) is 9.53 Å². The number of hydrogen-bond donors (Lipinski definition) is 1. The van der Waals surface area contributed by atoms with Crippen LogP contribution in [0.5, 0.6) is 5.75 Å². The maximum Gasteiger partial charge on any atom is 0.305 e. The van der Waals surface area contributed by atoms with Crippen molar-refractivity contribution in [2.24, 2.45) is 4.99 Å². The largest absolute Gasteiger partial charge is 0.492 e. The summed E-state index contributed by atoms with van der Waals surface area (Å²) in [6, 6.07) is 9.75. The molecule has 1 aromatic rings. The van der Waals surface area contributed by atoms with Crippen LogP contribution in [0.3, 0.4) is 0 Å². The molecule has 0 atom stereocenters. The second kappa shape index (κ2) is 14.8. The number of para-hydroxylation sites is 1. The van der Waals surface area contributed by atoms with Gasteiger partial charge in [-0.3, -0.25) is 9.79 Å². The maximum absolute atomic E-state index is 11.3. The Balaban J connectivity index is 0.00000576. The number of guanidine groups is 1. The van der Waals surface area contributed by atoms with Gasteiger partial charge in [0.1, 0.15) is 12.4 Å². The first-order valence-electron chi connectivity index (χ1n) is 8.50. The molecule has 25 heavy (non-hydrogen) atoms. The normalized spacial score (nSPS) is 10.6. The number of benzene rings is 1. The maximum atomic E-state index is 11.3. The van der Waals surface area contributed by atoms with Crippen molar-refractivity contribution >= 4 is 35.9 Å². The zero-order valence-corrected chi connectivity index (χ0v) is 17.7. The molecular formula is C18H30IN3O3. The Morgan fingerprint density at radius 2 is 1.96 bits per heavy atom. The number of nitrogens with one attached hydrogen (secondary N) is 1. The van der Waals surface area contributed by atoms with Crippen LogP contribution < -0.4 is 10.1 Å². The van der Waals surface area contributed by atoms with E-state index in [9.17, 15) is 4.79 Å². The fourth-order valence-electron chi connectivity index (χ4n) is 2.03. The van der Waals surface area contributed by atoms with Crippen molar-refractivity contribution in [1.29, 1.82) is 0 Å².